The molecule has 0 atom stereocenters. The molecule has 0 aliphatic heterocycles. The Hall–Kier alpha value is -1.40. The summed E-state index contributed by atoms with van der Waals surface area (Å²) >= 11 is 0. The lowest BCUT2D eigenvalue weighted by Crippen LogP contribution is -2.19. The van der Waals surface area contributed by atoms with Crippen LogP contribution in [0, 0.1) is 0 Å². The molecule has 0 amide bonds. The van der Waals surface area contributed by atoms with Crippen molar-refractivity contribution in [1.29, 1.82) is 0 Å². The Morgan fingerprint density at radius 1 is 1.41 bits per heavy atom. The van der Waals surface area contributed by atoms with E-state index < -0.39 is 9.84 Å². The van der Waals surface area contributed by atoms with Crippen LogP contribution in [-0.2, 0) is 9.84 Å². The van der Waals surface area contributed by atoms with Gasteiger partial charge >= 0.3 is 0 Å². The van der Waals surface area contributed by atoms with E-state index in [-0.39, 0.29) is 22.8 Å². The molecule has 0 saturated carbocycles. The van der Waals surface area contributed by atoms with Crippen molar-refractivity contribution < 1.29 is 17.9 Å². The van der Waals surface area contributed by atoms with Gasteiger partial charge in [-0.05, 0) is 25.2 Å². The maximum absolute atomic E-state index is 11.8. The van der Waals surface area contributed by atoms with E-state index in [0.29, 0.717) is 5.75 Å². The largest absolute Gasteiger partial charge is 0.496 e. The minimum Gasteiger partial charge on any atom is -0.496 e. The van der Waals surface area contributed by atoms with Gasteiger partial charge in [-0.25, -0.2) is 8.42 Å². The first-order valence-electron chi connectivity index (χ1n) is 4.96. The van der Waals surface area contributed by atoms with Crippen LogP contribution in [0.15, 0.2) is 23.1 Å². The Labute approximate surface area is 101 Å². The second-order valence-corrected chi connectivity index (χ2v) is 5.60. The fraction of sp³-hybridized carbons (Fsp3) is 0.364. The number of carbonyl (C=O) groups excluding carboxylic acids is 1. The standard InChI is InChI=1S/C11H15NO4S/c1-12-7-10(13)9-6-8(17(3,14)15)4-5-11(9)16-2/h4-6,12H,7H2,1-3H3. The minimum atomic E-state index is -3.33. The number of ketones is 1. The molecule has 17 heavy (non-hydrogen) atoms. The minimum absolute atomic E-state index is 0.109. The van der Waals surface area contributed by atoms with Crippen LogP contribution in [0.2, 0.25) is 0 Å². The van der Waals surface area contributed by atoms with E-state index in [1.165, 1.54) is 25.3 Å². The van der Waals surface area contributed by atoms with Gasteiger partial charge in [-0.3, -0.25) is 4.79 Å². The van der Waals surface area contributed by atoms with E-state index in [4.69, 9.17) is 4.74 Å². The van der Waals surface area contributed by atoms with Gasteiger partial charge < -0.3 is 10.1 Å². The first-order chi connectivity index (χ1) is 7.90. The van der Waals surface area contributed by atoms with E-state index in [0.717, 1.165) is 6.26 Å². The molecule has 0 fully saturated rings. The van der Waals surface area contributed by atoms with E-state index >= 15 is 0 Å². The molecular formula is C11H15NO4S. The van der Waals surface area contributed by atoms with Crippen LogP contribution in [0.1, 0.15) is 10.4 Å². The molecule has 0 aliphatic rings. The fourth-order valence-corrected chi connectivity index (χ4v) is 2.04. The Morgan fingerprint density at radius 3 is 2.53 bits per heavy atom. The number of rotatable bonds is 5. The average molecular weight is 257 g/mol. The lowest BCUT2D eigenvalue weighted by Gasteiger charge is -2.09. The Morgan fingerprint density at radius 2 is 2.06 bits per heavy atom. The highest BCUT2D eigenvalue weighted by Gasteiger charge is 2.16. The molecule has 1 aromatic carbocycles. The zero-order chi connectivity index (χ0) is 13.1. The summed E-state index contributed by atoms with van der Waals surface area (Å²) in [5.41, 5.74) is 0.268. The third-order valence-electron chi connectivity index (χ3n) is 2.24. The fourth-order valence-electron chi connectivity index (χ4n) is 1.39. The normalized spacial score (nSPS) is 11.2. The van der Waals surface area contributed by atoms with Crippen molar-refractivity contribution in [3.8, 4) is 5.75 Å². The maximum atomic E-state index is 11.8. The van der Waals surface area contributed by atoms with Gasteiger partial charge in [-0.2, -0.15) is 0 Å². The molecular weight excluding hydrogens is 242 g/mol. The van der Waals surface area contributed by atoms with Gasteiger partial charge in [0.1, 0.15) is 5.75 Å². The third-order valence-corrected chi connectivity index (χ3v) is 3.35. The summed E-state index contributed by atoms with van der Waals surface area (Å²) in [7, 11) is -0.247. The molecule has 0 unspecified atom stereocenters. The molecule has 0 saturated heterocycles. The number of methoxy groups -OCH3 is 1. The third kappa shape index (κ3) is 3.28. The van der Waals surface area contributed by atoms with E-state index in [9.17, 15) is 13.2 Å². The Bertz CT molecular complexity index is 522. The number of ether oxygens (including phenoxy) is 1. The summed E-state index contributed by atoms with van der Waals surface area (Å²) in [6.07, 6.45) is 1.10. The molecule has 0 radical (unpaired) electrons. The van der Waals surface area contributed by atoms with Crippen LogP contribution < -0.4 is 10.1 Å². The highest BCUT2D eigenvalue weighted by Crippen LogP contribution is 2.22. The topological polar surface area (TPSA) is 72.5 Å². The number of benzene rings is 1. The van der Waals surface area contributed by atoms with Crippen LogP contribution in [0.25, 0.3) is 0 Å². The molecule has 94 valence electrons. The van der Waals surface area contributed by atoms with E-state index in [2.05, 4.69) is 5.32 Å². The van der Waals surface area contributed by atoms with Crippen LogP contribution in [0.4, 0.5) is 0 Å². The zero-order valence-corrected chi connectivity index (χ0v) is 10.8. The highest BCUT2D eigenvalue weighted by molar-refractivity contribution is 7.90. The number of sulfone groups is 1. The molecule has 1 aromatic rings. The predicted octanol–water partition coefficient (Wildman–Crippen LogP) is 0.501. The highest BCUT2D eigenvalue weighted by atomic mass is 32.2. The number of hydrogen-bond donors (Lipinski definition) is 1. The molecule has 0 spiro atoms. The summed E-state index contributed by atoms with van der Waals surface area (Å²) in [4.78, 5) is 11.9. The maximum Gasteiger partial charge on any atom is 0.180 e. The predicted molar refractivity (Wildman–Crippen MR) is 64.4 cm³/mol. The molecule has 1 rings (SSSR count). The molecule has 0 aliphatic carbocycles. The SMILES string of the molecule is CNCC(=O)c1cc(S(C)(=O)=O)ccc1OC. The van der Waals surface area contributed by atoms with Gasteiger partial charge in [0.15, 0.2) is 15.6 Å². The second kappa shape index (κ2) is 5.29. The van der Waals surface area contributed by atoms with Crippen molar-refractivity contribution in [3.05, 3.63) is 23.8 Å². The smallest absolute Gasteiger partial charge is 0.180 e. The van der Waals surface area contributed by atoms with Crippen molar-refractivity contribution >= 4 is 15.6 Å². The Balaban J connectivity index is 3.30. The summed E-state index contributed by atoms with van der Waals surface area (Å²) in [5, 5.41) is 2.72. The molecule has 0 bridgehead atoms. The molecule has 5 nitrogen and oxygen atoms in total. The zero-order valence-electron chi connectivity index (χ0n) is 9.98. The van der Waals surface area contributed by atoms with E-state index in [1.807, 2.05) is 0 Å². The summed E-state index contributed by atoms with van der Waals surface area (Å²) in [6.45, 7) is 0.129. The quantitative estimate of drug-likeness (QED) is 0.778. The van der Waals surface area contributed by atoms with Gasteiger partial charge in [0, 0.05) is 6.26 Å². The molecule has 6 heteroatoms. The van der Waals surface area contributed by atoms with Crippen molar-refractivity contribution in [2.75, 3.05) is 27.0 Å². The second-order valence-electron chi connectivity index (χ2n) is 3.59. The monoisotopic (exact) mass is 257 g/mol. The van der Waals surface area contributed by atoms with Crippen molar-refractivity contribution in [2.24, 2.45) is 0 Å². The van der Waals surface area contributed by atoms with Crippen LogP contribution >= 0.6 is 0 Å². The molecule has 1 N–H and O–H groups in total. The van der Waals surface area contributed by atoms with Crippen LogP contribution in [0.5, 0.6) is 5.75 Å². The first-order valence-corrected chi connectivity index (χ1v) is 6.85. The Kier molecular flexibility index (Phi) is 4.25. The van der Waals surface area contributed by atoms with Crippen molar-refractivity contribution in [3.63, 3.8) is 0 Å². The number of nitrogens with one attached hydrogen (secondary N) is 1. The molecule has 0 heterocycles. The van der Waals surface area contributed by atoms with Crippen molar-refractivity contribution in [1.82, 2.24) is 5.32 Å². The number of likely N-dealkylation sites (N-methyl/N-ethyl adjacent to an activating group) is 1. The van der Waals surface area contributed by atoms with Gasteiger partial charge in [-0.15, -0.1) is 0 Å². The lowest BCUT2D eigenvalue weighted by atomic mass is 10.1. The van der Waals surface area contributed by atoms with Gasteiger partial charge in [-0.1, -0.05) is 0 Å². The summed E-state index contributed by atoms with van der Waals surface area (Å²) < 4.78 is 27.8. The first kappa shape index (κ1) is 13.7. The number of hydrogen-bond acceptors (Lipinski definition) is 5. The van der Waals surface area contributed by atoms with Gasteiger partial charge in [0.25, 0.3) is 0 Å². The summed E-state index contributed by atoms with van der Waals surface area (Å²) in [5.74, 6) is 0.160. The molecule has 0 aromatic heterocycles. The van der Waals surface area contributed by atoms with Crippen LogP contribution in [0.3, 0.4) is 0 Å². The van der Waals surface area contributed by atoms with E-state index in [1.54, 1.807) is 7.05 Å². The number of carbonyl (C=O) groups is 1. The number of Topliss-reactive ketones (excluding diaryl/α,β-unsaturated/α-hetero) is 1. The lowest BCUT2D eigenvalue weighted by molar-refractivity contribution is 0.0990. The average Bonchev–Trinajstić information content (AvgIpc) is 2.27. The van der Waals surface area contributed by atoms with Gasteiger partial charge in [0.05, 0.1) is 24.1 Å². The summed E-state index contributed by atoms with van der Waals surface area (Å²) in [6, 6.07) is 4.25. The van der Waals surface area contributed by atoms with Gasteiger partial charge in [0.2, 0.25) is 0 Å². The van der Waals surface area contributed by atoms with Crippen molar-refractivity contribution in [2.45, 2.75) is 4.90 Å². The van der Waals surface area contributed by atoms with Crippen LogP contribution in [-0.4, -0.2) is 41.2 Å².